The summed E-state index contributed by atoms with van der Waals surface area (Å²) in [5.41, 5.74) is 0.993. The zero-order chi connectivity index (χ0) is 12.4. The van der Waals surface area contributed by atoms with E-state index in [1.54, 1.807) is 12.1 Å². The second-order valence-corrected chi connectivity index (χ2v) is 5.91. The molecular formula is C11H12ClNO3S. The van der Waals surface area contributed by atoms with E-state index in [0.29, 0.717) is 11.5 Å². The minimum atomic E-state index is -1.03. The Morgan fingerprint density at radius 1 is 1.35 bits per heavy atom. The van der Waals surface area contributed by atoms with Gasteiger partial charge < -0.3 is 10.0 Å². The van der Waals surface area contributed by atoms with E-state index < -0.39 is 16.8 Å². The van der Waals surface area contributed by atoms with Gasteiger partial charge in [-0.3, -0.25) is 4.21 Å². The fourth-order valence-electron chi connectivity index (χ4n) is 1.77. The van der Waals surface area contributed by atoms with Crippen LogP contribution in [0.15, 0.2) is 18.2 Å². The van der Waals surface area contributed by atoms with Gasteiger partial charge in [-0.1, -0.05) is 11.6 Å². The second-order valence-electron chi connectivity index (χ2n) is 3.80. The summed E-state index contributed by atoms with van der Waals surface area (Å²) in [7, 11) is -0.721. The van der Waals surface area contributed by atoms with Gasteiger partial charge in [-0.25, -0.2) is 4.79 Å². The first kappa shape index (κ1) is 12.4. The Balaban J connectivity index is 2.20. The van der Waals surface area contributed by atoms with Gasteiger partial charge in [0.05, 0.1) is 10.6 Å². The Morgan fingerprint density at radius 2 is 2.00 bits per heavy atom. The van der Waals surface area contributed by atoms with Gasteiger partial charge in [0.1, 0.15) is 0 Å². The van der Waals surface area contributed by atoms with Gasteiger partial charge in [-0.05, 0) is 18.2 Å². The van der Waals surface area contributed by atoms with Crippen LogP contribution in [0.25, 0.3) is 0 Å². The van der Waals surface area contributed by atoms with Crippen molar-refractivity contribution in [2.45, 2.75) is 0 Å². The first-order valence-electron chi connectivity index (χ1n) is 5.20. The number of rotatable bonds is 2. The lowest BCUT2D eigenvalue weighted by Crippen LogP contribution is -2.37. The lowest BCUT2D eigenvalue weighted by molar-refractivity contribution is 0.0697. The van der Waals surface area contributed by atoms with Gasteiger partial charge in [0, 0.05) is 41.1 Å². The molecule has 92 valence electrons. The Labute approximate surface area is 107 Å². The number of hydrogen-bond donors (Lipinski definition) is 1. The van der Waals surface area contributed by atoms with Crippen LogP contribution in [0, 0.1) is 0 Å². The van der Waals surface area contributed by atoms with Crippen LogP contribution in [0.3, 0.4) is 0 Å². The number of carboxylic acid groups (broad SMARTS) is 1. The van der Waals surface area contributed by atoms with Gasteiger partial charge >= 0.3 is 5.97 Å². The van der Waals surface area contributed by atoms with Crippen LogP contribution < -0.4 is 4.90 Å². The van der Waals surface area contributed by atoms with Crippen LogP contribution in [-0.2, 0) is 10.8 Å². The summed E-state index contributed by atoms with van der Waals surface area (Å²) in [6.45, 7) is 1.44. The van der Waals surface area contributed by atoms with Crippen molar-refractivity contribution in [3.05, 3.63) is 28.8 Å². The normalized spacial score (nSPS) is 17.1. The Kier molecular flexibility index (Phi) is 3.69. The molecule has 0 bridgehead atoms. The summed E-state index contributed by atoms with van der Waals surface area (Å²) in [6.07, 6.45) is 0. The summed E-state index contributed by atoms with van der Waals surface area (Å²) in [6, 6.07) is 4.90. The summed E-state index contributed by atoms with van der Waals surface area (Å²) in [5.74, 6) is 0.276. The lowest BCUT2D eigenvalue weighted by Gasteiger charge is -2.28. The molecule has 4 nitrogen and oxygen atoms in total. The predicted molar refractivity (Wildman–Crippen MR) is 68.5 cm³/mol. The number of hydrogen-bond acceptors (Lipinski definition) is 3. The Morgan fingerprint density at radius 3 is 2.53 bits per heavy atom. The molecule has 0 unspecified atom stereocenters. The van der Waals surface area contributed by atoms with E-state index in [2.05, 4.69) is 4.90 Å². The van der Waals surface area contributed by atoms with E-state index in [0.717, 1.165) is 18.8 Å². The topological polar surface area (TPSA) is 57.6 Å². The molecule has 1 saturated heterocycles. The van der Waals surface area contributed by atoms with Gasteiger partial charge in [0.15, 0.2) is 0 Å². The molecule has 0 spiro atoms. The van der Waals surface area contributed by atoms with Crippen molar-refractivity contribution in [3.63, 3.8) is 0 Å². The van der Waals surface area contributed by atoms with Crippen molar-refractivity contribution < 1.29 is 14.1 Å². The third kappa shape index (κ3) is 2.79. The molecule has 2 rings (SSSR count). The van der Waals surface area contributed by atoms with Crippen LogP contribution >= 0.6 is 11.6 Å². The smallest absolute Gasteiger partial charge is 0.337 e. The van der Waals surface area contributed by atoms with E-state index in [4.69, 9.17) is 16.7 Å². The van der Waals surface area contributed by atoms with E-state index in [9.17, 15) is 9.00 Å². The highest BCUT2D eigenvalue weighted by atomic mass is 35.5. The molecule has 0 aromatic heterocycles. The van der Waals surface area contributed by atoms with E-state index in [1.807, 2.05) is 0 Å². The van der Waals surface area contributed by atoms with Gasteiger partial charge in [-0.2, -0.15) is 0 Å². The molecule has 6 heteroatoms. The maximum Gasteiger partial charge on any atom is 0.337 e. The molecule has 1 aliphatic rings. The van der Waals surface area contributed by atoms with Crippen molar-refractivity contribution in [2.24, 2.45) is 0 Å². The third-order valence-corrected chi connectivity index (χ3v) is 4.31. The molecule has 1 aromatic rings. The fraction of sp³-hybridized carbons (Fsp3) is 0.364. The average Bonchev–Trinajstić information content (AvgIpc) is 2.29. The summed E-state index contributed by atoms with van der Waals surface area (Å²) >= 11 is 5.90. The zero-order valence-electron chi connectivity index (χ0n) is 9.06. The summed E-state index contributed by atoms with van der Waals surface area (Å²) in [5, 5.41) is 9.10. The average molecular weight is 274 g/mol. The maximum atomic E-state index is 11.2. The number of halogens is 1. The predicted octanol–water partition coefficient (Wildman–Crippen LogP) is 1.61. The molecule has 1 aliphatic heterocycles. The van der Waals surface area contributed by atoms with Crippen molar-refractivity contribution in [1.29, 1.82) is 0 Å². The van der Waals surface area contributed by atoms with Crippen LogP contribution in [0.5, 0.6) is 0 Å². The number of carboxylic acids is 1. The quantitative estimate of drug-likeness (QED) is 0.889. The number of anilines is 1. The molecule has 1 aromatic carbocycles. The Bertz CT molecular complexity index is 468. The van der Waals surface area contributed by atoms with E-state index in [1.165, 1.54) is 6.07 Å². The van der Waals surface area contributed by atoms with Gasteiger partial charge in [0.25, 0.3) is 0 Å². The zero-order valence-corrected chi connectivity index (χ0v) is 10.6. The maximum absolute atomic E-state index is 11.2. The molecule has 1 fully saturated rings. The SMILES string of the molecule is O=C(O)c1ccc(N2CCS(=O)CC2)cc1Cl. The van der Waals surface area contributed by atoms with E-state index >= 15 is 0 Å². The molecule has 1 N–H and O–H groups in total. The minimum absolute atomic E-state index is 0.107. The molecule has 0 aliphatic carbocycles. The molecule has 0 atom stereocenters. The van der Waals surface area contributed by atoms with E-state index in [-0.39, 0.29) is 10.6 Å². The highest BCUT2D eigenvalue weighted by molar-refractivity contribution is 7.85. The van der Waals surface area contributed by atoms with Crippen LogP contribution in [0.2, 0.25) is 5.02 Å². The summed E-state index contributed by atoms with van der Waals surface area (Å²) in [4.78, 5) is 12.9. The second kappa shape index (κ2) is 5.06. The monoisotopic (exact) mass is 273 g/mol. The molecule has 1 heterocycles. The van der Waals surface area contributed by atoms with Gasteiger partial charge in [-0.15, -0.1) is 0 Å². The molecule has 17 heavy (non-hydrogen) atoms. The van der Waals surface area contributed by atoms with Crippen molar-refractivity contribution in [1.82, 2.24) is 0 Å². The standard InChI is InChI=1S/C11H12ClNO3S/c12-10-7-8(1-2-9(10)11(14)15)13-3-5-17(16)6-4-13/h1-2,7H,3-6H2,(H,14,15). The van der Waals surface area contributed by atoms with Crippen LogP contribution in [-0.4, -0.2) is 39.9 Å². The molecule has 0 amide bonds. The minimum Gasteiger partial charge on any atom is -0.478 e. The Hall–Kier alpha value is -1.07. The molecular weight excluding hydrogens is 262 g/mol. The van der Waals surface area contributed by atoms with Gasteiger partial charge in [0.2, 0.25) is 0 Å². The lowest BCUT2D eigenvalue weighted by atomic mass is 10.2. The van der Waals surface area contributed by atoms with Crippen LogP contribution in [0.4, 0.5) is 5.69 Å². The highest BCUT2D eigenvalue weighted by Crippen LogP contribution is 2.24. The van der Waals surface area contributed by atoms with Crippen molar-refractivity contribution in [3.8, 4) is 0 Å². The van der Waals surface area contributed by atoms with Crippen molar-refractivity contribution >= 4 is 34.1 Å². The summed E-state index contributed by atoms with van der Waals surface area (Å²) < 4.78 is 11.2. The number of benzene rings is 1. The number of nitrogens with zero attached hydrogens (tertiary/aromatic N) is 1. The number of carbonyl (C=O) groups is 1. The molecule has 0 saturated carbocycles. The third-order valence-electron chi connectivity index (χ3n) is 2.73. The van der Waals surface area contributed by atoms with Crippen molar-refractivity contribution in [2.75, 3.05) is 29.5 Å². The highest BCUT2D eigenvalue weighted by Gasteiger charge is 2.17. The first-order chi connectivity index (χ1) is 8.08. The molecule has 0 radical (unpaired) electrons. The largest absolute Gasteiger partial charge is 0.478 e. The van der Waals surface area contributed by atoms with Crippen LogP contribution in [0.1, 0.15) is 10.4 Å². The fourth-order valence-corrected chi connectivity index (χ4v) is 3.08. The first-order valence-corrected chi connectivity index (χ1v) is 7.07. The number of aromatic carboxylic acids is 1.